The third kappa shape index (κ3) is 3.38. The molecule has 0 saturated heterocycles. The predicted molar refractivity (Wildman–Crippen MR) is 73.4 cm³/mol. The van der Waals surface area contributed by atoms with Crippen LogP contribution in [0, 0.1) is 0 Å². The van der Waals surface area contributed by atoms with E-state index in [1.165, 1.54) is 12.1 Å². The summed E-state index contributed by atoms with van der Waals surface area (Å²) >= 11 is 0. The normalized spacial score (nSPS) is 11.2. The van der Waals surface area contributed by atoms with E-state index in [-0.39, 0.29) is 0 Å². The largest absolute Gasteiger partial charge is 0.416 e. The van der Waals surface area contributed by atoms with Gasteiger partial charge in [0.1, 0.15) is 5.82 Å². The summed E-state index contributed by atoms with van der Waals surface area (Å²) in [5.41, 5.74) is 0.593. The molecule has 0 amide bonds. The van der Waals surface area contributed by atoms with Crippen molar-refractivity contribution in [2.45, 2.75) is 6.18 Å². The Morgan fingerprint density at radius 1 is 1.10 bits per heavy atom. The van der Waals surface area contributed by atoms with E-state index in [1.54, 1.807) is 24.3 Å². The van der Waals surface area contributed by atoms with Gasteiger partial charge >= 0.3 is 6.18 Å². The van der Waals surface area contributed by atoms with Gasteiger partial charge in [-0.05, 0) is 24.3 Å². The molecule has 1 aromatic carbocycles. The standard InChI is InChI=1S/C15H13F3N2/c1-2-10-19-14-5-3-4-13(20-14)11-6-8-12(9-7-11)15(16,17)18/h2-9H,1,10H2,(H,19,20). The third-order valence-electron chi connectivity index (χ3n) is 2.68. The molecule has 0 fully saturated rings. The van der Waals surface area contributed by atoms with Crippen molar-refractivity contribution in [3.05, 3.63) is 60.7 Å². The number of halogens is 3. The molecule has 0 aliphatic heterocycles. The summed E-state index contributed by atoms with van der Waals surface area (Å²) in [6.45, 7) is 4.17. The lowest BCUT2D eigenvalue weighted by Crippen LogP contribution is -2.04. The maximum atomic E-state index is 12.5. The van der Waals surface area contributed by atoms with E-state index in [9.17, 15) is 13.2 Å². The molecule has 0 radical (unpaired) electrons. The highest BCUT2D eigenvalue weighted by Crippen LogP contribution is 2.30. The zero-order valence-corrected chi connectivity index (χ0v) is 10.6. The van der Waals surface area contributed by atoms with Crippen LogP contribution in [0.3, 0.4) is 0 Å². The summed E-state index contributed by atoms with van der Waals surface area (Å²) in [5, 5.41) is 3.03. The molecule has 5 heteroatoms. The molecule has 0 bridgehead atoms. The minimum Gasteiger partial charge on any atom is -0.367 e. The van der Waals surface area contributed by atoms with Crippen molar-refractivity contribution < 1.29 is 13.2 Å². The number of hydrogen-bond donors (Lipinski definition) is 1. The van der Waals surface area contributed by atoms with E-state index < -0.39 is 11.7 Å². The molecule has 0 unspecified atom stereocenters. The molecule has 20 heavy (non-hydrogen) atoms. The van der Waals surface area contributed by atoms with E-state index >= 15 is 0 Å². The molecule has 0 aliphatic rings. The Bertz CT molecular complexity index is 589. The highest BCUT2D eigenvalue weighted by molar-refractivity contribution is 5.61. The van der Waals surface area contributed by atoms with Crippen LogP contribution in [0.1, 0.15) is 5.56 Å². The number of aromatic nitrogens is 1. The number of pyridine rings is 1. The molecular weight excluding hydrogens is 265 g/mol. The van der Waals surface area contributed by atoms with E-state index in [1.807, 2.05) is 0 Å². The van der Waals surface area contributed by atoms with Gasteiger partial charge in [-0.3, -0.25) is 0 Å². The molecule has 1 N–H and O–H groups in total. The fraction of sp³-hybridized carbons (Fsp3) is 0.133. The third-order valence-corrected chi connectivity index (χ3v) is 2.68. The molecule has 0 spiro atoms. The van der Waals surface area contributed by atoms with Gasteiger partial charge < -0.3 is 5.32 Å². The van der Waals surface area contributed by atoms with Gasteiger partial charge in [0.2, 0.25) is 0 Å². The van der Waals surface area contributed by atoms with Gasteiger partial charge in [0.25, 0.3) is 0 Å². The van der Waals surface area contributed by atoms with E-state index in [0.717, 1.165) is 12.1 Å². The fourth-order valence-corrected chi connectivity index (χ4v) is 1.70. The summed E-state index contributed by atoms with van der Waals surface area (Å²) in [6.07, 6.45) is -2.62. The van der Waals surface area contributed by atoms with Crippen molar-refractivity contribution in [2.24, 2.45) is 0 Å². The average molecular weight is 278 g/mol. The molecule has 0 aliphatic carbocycles. The quantitative estimate of drug-likeness (QED) is 0.840. The Morgan fingerprint density at radius 3 is 2.40 bits per heavy atom. The van der Waals surface area contributed by atoms with Crippen molar-refractivity contribution in [2.75, 3.05) is 11.9 Å². The summed E-state index contributed by atoms with van der Waals surface area (Å²) in [6, 6.07) is 10.3. The highest BCUT2D eigenvalue weighted by atomic mass is 19.4. The summed E-state index contributed by atoms with van der Waals surface area (Å²) in [4.78, 5) is 4.33. The number of alkyl halides is 3. The Morgan fingerprint density at radius 2 is 1.80 bits per heavy atom. The summed E-state index contributed by atoms with van der Waals surface area (Å²) in [7, 11) is 0. The van der Waals surface area contributed by atoms with Gasteiger partial charge in [-0.15, -0.1) is 6.58 Å². The van der Waals surface area contributed by atoms with E-state index in [4.69, 9.17) is 0 Å². The second kappa shape index (κ2) is 5.77. The Hall–Kier alpha value is -2.30. The molecule has 0 saturated carbocycles. The van der Waals surface area contributed by atoms with Crippen molar-refractivity contribution in [1.82, 2.24) is 4.98 Å². The van der Waals surface area contributed by atoms with Crippen molar-refractivity contribution in [3.63, 3.8) is 0 Å². The number of benzene rings is 1. The topological polar surface area (TPSA) is 24.9 Å². The second-order valence-electron chi connectivity index (χ2n) is 4.15. The molecule has 104 valence electrons. The number of nitrogens with one attached hydrogen (secondary N) is 1. The zero-order chi connectivity index (χ0) is 14.6. The monoisotopic (exact) mass is 278 g/mol. The Labute approximate surface area is 115 Å². The second-order valence-corrected chi connectivity index (χ2v) is 4.15. The van der Waals surface area contributed by atoms with Crippen LogP contribution < -0.4 is 5.32 Å². The van der Waals surface area contributed by atoms with Crippen molar-refractivity contribution in [1.29, 1.82) is 0 Å². The number of rotatable bonds is 4. The number of anilines is 1. The van der Waals surface area contributed by atoms with Crippen LogP contribution in [0.5, 0.6) is 0 Å². The number of hydrogen-bond acceptors (Lipinski definition) is 2. The predicted octanol–water partition coefficient (Wildman–Crippen LogP) is 4.37. The van der Waals surface area contributed by atoms with Crippen molar-refractivity contribution in [3.8, 4) is 11.3 Å². The molecule has 2 aromatic rings. The Balaban J connectivity index is 2.25. The van der Waals surface area contributed by atoms with Crippen LogP contribution >= 0.6 is 0 Å². The van der Waals surface area contributed by atoms with Gasteiger partial charge in [-0.1, -0.05) is 24.3 Å². The minimum atomic E-state index is -4.32. The zero-order valence-electron chi connectivity index (χ0n) is 10.6. The highest BCUT2D eigenvalue weighted by Gasteiger charge is 2.29. The molecule has 2 nitrogen and oxygen atoms in total. The van der Waals surface area contributed by atoms with Crippen LogP contribution in [0.25, 0.3) is 11.3 Å². The van der Waals surface area contributed by atoms with Gasteiger partial charge in [0.15, 0.2) is 0 Å². The molecule has 1 heterocycles. The lowest BCUT2D eigenvalue weighted by molar-refractivity contribution is -0.137. The average Bonchev–Trinajstić information content (AvgIpc) is 2.45. The molecule has 2 rings (SSSR count). The first-order chi connectivity index (χ1) is 9.50. The van der Waals surface area contributed by atoms with Crippen LogP contribution in [-0.2, 0) is 6.18 Å². The van der Waals surface area contributed by atoms with Gasteiger partial charge in [-0.25, -0.2) is 4.98 Å². The van der Waals surface area contributed by atoms with Crippen LogP contribution in [-0.4, -0.2) is 11.5 Å². The Kier molecular flexibility index (Phi) is 4.08. The molecular formula is C15H13F3N2. The van der Waals surface area contributed by atoms with Crippen LogP contribution in [0.15, 0.2) is 55.1 Å². The van der Waals surface area contributed by atoms with Gasteiger partial charge in [0.05, 0.1) is 11.3 Å². The van der Waals surface area contributed by atoms with Crippen LogP contribution in [0.4, 0.5) is 19.0 Å². The van der Waals surface area contributed by atoms with Crippen molar-refractivity contribution >= 4 is 5.82 Å². The first-order valence-electron chi connectivity index (χ1n) is 6.00. The summed E-state index contributed by atoms with van der Waals surface area (Å²) in [5.74, 6) is 0.655. The molecule has 1 aromatic heterocycles. The smallest absolute Gasteiger partial charge is 0.367 e. The maximum Gasteiger partial charge on any atom is 0.416 e. The first-order valence-corrected chi connectivity index (χ1v) is 6.00. The first kappa shape index (κ1) is 14.1. The summed E-state index contributed by atoms with van der Waals surface area (Å²) < 4.78 is 37.5. The molecule has 0 atom stereocenters. The van der Waals surface area contributed by atoms with Crippen LogP contribution in [0.2, 0.25) is 0 Å². The van der Waals surface area contributed by atoms with Gasteiger partial charge in [0, 0.05) is 12.1 Å². The lowest BCUT2D eigenvalue weighted by atomic mass is 10.1. The SMILES string of the molecule is C=CCNc1cccc(-c2ccc(C(F)(F)F)cc2)n1. The minimum absolute atomic E-state index is 0.573. The fourth-order valence-electron chi connectivity index (χ4n) is 1.70. The van der Waals surface area contributed by atoms with Gasteiger partial charge in [-0.2, -0.15) is 13.2 Å². The van der Waals surface area contributed by atoms with E-state index in [2.05, 4.69) is 16.9 Å². The van der Waals surface area contributed by atoms with E-state index in [0.29, 0.717) is 23.6 Å². The lowest BCUT2D eigenvalue weighted by Gasteiger charge is -2.08. The maximum absolute atomic E-state index is 12.5. The number of nitrogens with zero attached hydrogens (tertiary/aromatic N) is 1.